The minimum atomic E-state index is -0.972. The third-order valence-electron chi connectivity index (χ3n) is 3.96. The molecule has 2 heterocycles. The van der Waals surface area contributed by atoms with E-state index in [9.17, 15) is 9.59 Å². The molecule has 4 rings (SSSR count). The van der Waals surface area contributed by atoms with Gasteiger partial charge in [0, 0.05) is 29.1 Å². The number of aromatic amines is 1. The van der Waals surface area contributed by atoms with Crippen molar-refractivity contribution < 1.29 is 24.2 Å². The van der Waals surface area contributed by atoms with Crippen LogP contribution < -0.4 is 15.2 Å². The van der Waals surface area contributed by atoms with Gasteiger partial charge in [0.05, 0.1) is 0 Å². The Bertz CT molecular complexity index is 935. The van der Waals surface area contributed by atoms with Gasteiger partial charge in [-0.2, -0.15) is 0 Å². The monoisotopic (exact) mass is 354 g/mol. The lowest BCUT2D eigenvalue weighted by Gasteiger charge is -2.04. The van der Waals surface area contributed by atoms with Crippen LogP contribution in [0.1, 0.15) is 15.9 Å². The molecular formula is C19H18N2O5. The number of H-pyrrole nitrogens is 1. The SMILES string of the molecule is N[C@H](Cc1c[nH]c2ccccc12)C(=O)O.O=Cc1ccc2c(c1)OCO2. The highest BCUT2D eigenvalue weighted by molar-refractivity contribution is 5.84. The van der Waals surface area contributed by atoms with Crippen LogP contribution in [0.4, 0.5) is 0 Å². The molecule has 0 saturated carbocycles. The molecule has 1 aliphatic rings. The number of benzene rings is 2. The van der Waals surface area contributed by atoms with Crippen molar-refractivity contribution in [2.45, 2.75) is 12.5 Å². The van der Waals surface area contributed by atoms with Crippen molar-refractivity contribution >= 4 is 23.2 Å². The van der Waals surface area contributed by atoms with Gasteiger partial charge in [0.15, 0.2) is 11.5 Å². The van der Waals surface area contributed by atoms with E-state index in [1.165, 1.54) is 0 Å². The first-order valence-corrected chi connectivity index (χ1v) is 7.96. The molecule has 1 atom stereocenters. The van der Waals surface area contributed by atoms with E-state index in [0.29, 0.717) is 23.5 Å². The van der Waals surface area contributed by atoms with Gasteiger partial charge in [0.2, 0.25) is 6.79 Å². The number of fused-ring (bicyclic) bond motifs is 2. The molecule has 7 heteroatoms. The normalized spacial score (nSPS) is 13.0. The summed E-state index contributed by atoms with van der Waals surface area (Å²) in [7, 11) is 0. The highest BCUT2D eigenvalue weighted by Gasteiger charge is 2.14. The summed E-state index contributed by atoms with van der Waals surface area (Å²) >= 11 is 0. The quantitative estimate of drug-likeness (QED) is 0.620. The molecule has 1 aromatic heterocycles. The number of aliphatic carboxylic acids is 1. The summed E-state index contributed by atoms with van der Waals surface area (Å²) in [4.78, 5) is 24.0. The fourth-order valence-electron chi connectivity index (χ4n) is 2.61. The second kappa shape index (κ2) is 7.71. The van der Waals surface area contributed by atoms with Crippen molar-refractivity contribution in [3.05, 3.63) is 59.8 Å². The minimum Gasteiger partial charge on any atom is -0.480 e. The Hall–Kier alpha value is -3.32. The fraction of sp³-hybridized carbons (Fsp3) is 0.158. The van der Waals surface area contributed by atoms with Crippen LogP contribution in [-0.2, 0) is 11.2 Å². The molecule has 1 aliphatic heterocycles. The molecule has 3 aromatic rings. The number of nitrogens with one attached hydrogen (secondary N) is 1. The van der Waals surface area contributed by atoms with E-state index in [-0.39, 0.29) is 6.79 Å². The maximum Gasteiger partial charge on any atom is 0.320 e. The Labute approximate surface area is 149 Å². The Morgan fingerprint density at radius 1 is 1.23 bits per heavy atom. The van der Waals surface area contributed by atoms with Crippen LogP contribution in [0.25, 0.3) is 10.9 Å². The van der Waals surface area contributed by atoms with Crippen LogP contribution >= 0.6 is 0 Å². The summed E-state index contributed by atoms with van der Waals surface area (Å²) in [6.07, 6.45) is 2.94. The molecule has 0 unspecified atom stereocenters. The van der Waals surface area contributed by atoms with Crippen LogP contribution in [-0.4, -0.2) is 35.2 Å². The Morgan fingerprint density at radius 3 is 2.77 bits per heavy atom. The molecule has 2 aromatic carbocycles. The number of carbonyl (C=O) groups excluding carboxylic acids is 1. The number of nitrogens with two attached hydrogens (primary N) is 1. The van der Waals surface area contributed by atoms with E-state index < -0.39 is 12.0 Å². The zero-order chi connectivity index (χ0) is 18.5. The number of rotatable bonds is 4. The standard InChI is InChI=1S/C11H12N2O2.C8H6O3/c12-9(11(14)15)5-7-6-13-10-4-2-1-3-8(7)10;9-4-6-1-2-7-8(3-6)11-5-10-7/h1-4,6,9,13H,5,12H2,(H,14,15);1-4H,5H2/t9-;/m1./s1. The van der Waals surface area contributed by atoms with Gasteiger partial charge < -0.3 is 25.3 Å². The van der Waals surface area contributed by atoms with Gasteiger partial charge in [-0.1, -0.05) is 18.2 Å². The number of carbonyl (C=O) groups is 2. The highest BCUT2D eigenvalue weighted by atomic mass is 16.7. The third-order valence-corrected chi connectivity index (χ3v) is 3.96. The van der Waals surface area contributed by atoms with Gasteiger partial charge in [0.25, 0.3) is 0 Å². The average Bonchev–Trinajstić information content (AvgIpc) is 3.28. The molecule has 134 valence electrons. The summed E-state index contributed by atoms with van der Waals surface area (Å²) in [5.74, 6) is 0.380. The van der Waals surface area contributed by atoms with E-state index in [2.05, 4.69) is 4.98 Å². The summed E-state index contributed by atoms with van der Waals surface area (Å²) in [6.45, 7) is 0.248. The molecule has 26 heavy (non-hydrogen) atoms. The van der Waals surface area contributed by atoms with E-state index in [0.717, 1.165) is 22.8 Å². The van der Waals surface area contributed by atoms with Crippen molar-refractivity contribution in [1.29, 1.82) is 0 Å². The lowest BCUT2D eigenvalue weighted by Crippen LogP contribution is -2.32. The summed E-state index contributed by atoms with van der Waals surface area (Å²) in [5.41, 5.74) is 8.04. The lowest BCUT2D eigenvalue weighted by atomic mass is 10.1. The largest absolute Gasteiger partial charge is 0.480 e. The van der Waals surface area contributed by atoms with E-state index in [4.69, 9.17) is 20.3 Å². The third kappa shape index (κ3) is 3.84. The molecule has 7 nitrogen and oxygen atoms in total. The minimum absolute atomic E-state index is 0.248. The average molecular weight is 354 g/mol. The number of carboxylic acids is 1. The van der Waals surface area contributed by atoms with Crippen molar-refractivity contribution in [1.82, 2.24) is 4.98 Å². The molecule has 4 N–H and O–H groups in total. The number of aromatic nitrogens is 1. The predicted octanol–water partition coefficient (Wildman–Crippen LogP) is 2.35. The molecule has 0 bridgehead atoms. The van der Waals surface area contributed by atoms with Gasteiger partial charge in [-0.05, 0) is 29.8 Å². The smallest absolute Gasteiger partial charge is 0.320 e. The number of hydrogen-bond acceptors (Lipinski definition) is 5. The molecule has 0 fully saturated rings. The van der Waals surface area contributed by atoms with E-state index in [1.54, 1.807) is 18.2 Å². The van der Waals surface area contributed by atoms with Crippen LogP contribution in [0.15, 0.2) is 48.7 Å². The molecule has 0 saturated heterocycles. The number of para-hydroxylation sites is 1. The first kappa shape index (κ1) is 17.5. The number of ether oxygens (including phenoxy) is 2. The molecule has 0 spiro atoms. The van der Waals surface area contributed by atoms with Crippen molar-refractivity contribution in [2.75, 3.05) is 6.79 Å². The summed E-state index contributed by atoms with van der Waals surface area (Å²) in [5, 5.41) is 9.75. The molecule has 0 amide bonds. The van der Waals surface area contributed by atoms with Gasteiger partial charge in [0.1, 0.15) is 12.3 Å². The summed E-state index contributed by atoms with van der Waals surface area (Å²) in [6, 6.07) is 12.0. The number of aldehydes is 1. The van der Waals surface area contributed by atoms with Crippen molar-refractivity contribution in [3.8, 4) is 11.5 Å². The lowest BCUT2D eigenvalue weighted by molar-refractivity contribution is -0.138. The van der Waals surface area contributed by atoms with Crippen LogP contribution in [0.2, 0.25) is 0 Å². The second-order valence-corrected chi connectivity index (χ2v) is 5.74. The number of hydrogen-bond donors (Lipinski definition) is 3. The highest BCUT2D eigenvalue weighted by Crippen LogP contribution is 2.31. The maximum absolute atomic E-state index is 10.6. The summed E-state index contributed by atoms with van der Waals surface area (Å²) < 4.78 is 10.1. The van der Waals surface area contributed by atoms with E-state index >= 15 is 0 Å². The molecule has 0 aliphatic carbocycles. The Morgan fingerprint density at radius 2 is 2.00 bits per heavy atom. The number of carboxylic acid groups (broad SMARTS) is 1. The zero-order valence-electron chi connectivity index (χ0n) is 13.8. The maximum atomic E-state index is 10.6. The van der Waals surface area contributed by atoms with Gasteiger partial charge >= 0.3 is 5.97 Å². The zero-order valence-corrected chi connectivity index (χ0v) is 13.8. The van der Waals surface area contributed by atoms with E-state index in [1.807, 2.05) is 30.5 Å². The first-order valence-electron chi connectivity index (χ1n) is 7.96. The van der Waals surface area contributed by atoms with Gasteiger partial charge in [-0.15, -0.1) is 0 Å². The van der Waals surface area contributed by atoms with Crippen molar-refractivity contribution in [2.24, 2.45) is 5.73 Å². The van der Waals surface area contributed by atoms with Crippen LogP contribution in [0.3, 0.4) is 0 Å². The van der Waals surface area contributed by atoms with Crippen LogP contribution in [0.5, 0.6) is 11.5 Å². The predicted molar refractivity (Wildman–Crippen MR) is 95.6 cm³/mol. The Kier molecular flexibility index (Phi) is 5.19. The molecule has 0 radical (unpaired) electrons. The fourth-order valence-corrected chi connectivity index (χ4v) is 2.61. The Balaban J connectivity index is 0.000000158. The van der Waals surface area contributed by atoms with Crippen LogP contribution in [0, 0.1) is 0 Å². The second-order valence-electron chi connectivity index (χ2n) is 5.74. The van der Waals surface area contributed by atoms with Crippen molar-refractivity contribution in [3.63, 3.8) is 0 Å². The topological polar surface area (TPSA) is 115 Å². The van der Waals surface area contributed by atoms with Gasteiger partial charge in [-0.3, -0.25) is 9.59 Å². The van der Waals surface area contributed by atoms with Gasteiger partial charge in [-0.25, -0.2) is 0 Å². The molecular weight excluding hydrogens is 336 g/mol. The first-order chi connectivity index (χ1) is 12.6.